The van der Waals surface area contributed by atoms with Crippen LogP contribution in [0.15, 0.2) is 67.1 Å². The molecule has 0 saturated carbocycles. The van der Waals surface area contributed by atoms with Crippen molar-refractivity contribution in [1.82, 2.24) is 24.7 Å². The molecule has 0 aliphatic carbocycles. The molecule has 0 aliphatic heterocycles. The number of benzene rings is 2. The van der Waals surface area contributed by atoms with Crippen LogP contribution in [0, 0.1) is 11.6 Å². The van der Waals surface area contributed by atoms with Gasteiger partial charge in [0.15, 0.2) is 24.0 Å². The van der Waals surface area contributed by atoms with Crippen LogP contribution in [-0.2, 0) is 6.54 Å². The van der Waals surface area contributed by atoms with Crippen LogP contribution in [-0.4, -0.2) is 44.1 Å². The summed E-state index contributed by atoms with van der Waals surface area (Å²) in [7, 11) is 0. The maximum atomic E-state index is 14.8. The van der Waals surface area contributed by atoms with Crippen LogP contribution < -0.4 is 14.8 Å². The van der Waals surface area contributed by atoms with Gasteiger partial charge in [0.2, 0.25) is 0 Å². The molecular weight excluding hydrogens is 535 g/mol. The van der Waals surface area contributed by atoms with Crippen LogP contribution in [0.25, 0.3) is 22.4 Å². The summed E-state index contributed by atoms with van der Waals surface area (Å²) in [5.41, 5.74) is 1.06. The van der Waals surface area contributed by atoms with Gasteiger partial charge in [-0.3, -0.25) is 9.67 Å². The van der Waals surface area contributed by atoms with Crippen molar-refractivity contribution in [1.29, 1.82) is 0 Å². The van der Waals surface area contributed by atoms with Crippen molar-refractivity contribution < 1.29 is 31.4 Å². The lowest BCUT2D eigenvalue weighted by Crippen LogP contribution is -2.20. The molecule has 40 heavy (non-hydrogen) atoms. The average molecular weight is 556 g/mol. The molecule has 5 aromatic rings. The zero-order valence-corrected chi connectivity index (χ0v) is 20.9. The van der Waals surface area contributed by atoms with E-state index in [-0.39, 0.29) is 47.6 Å². The van der Waals surface area contributed by atoms with Gasteiger partial charge in [0.25, 0.3) is 0 Å². The Hall–Kier alpha value is -4.81. The van der Waals surface area contributed by atoms with E-state index in [2.05, 4.69) is 25.4 Å². The Labute approximate surface area is 224 Å². The fourth-order valence-electron chi connectivity index (χ4n) is 3.96. The fraction of sp³-hybridized carbons (Fsp3) is 0.185. The second kappa shape index (κ2) is 11.1. The molecule has 206 valence electrons. The van der Waals surface area contributed by atoms with Crippen molar-refractivity contribution in [2.45, 2.75) is 19.6 Å². The number of hydrogen-bond donors (Lipinski definition) is 1. The maximum Gasteiger partial charge on any atom is 0.422 e. The molecule has 0 atom stereocenters. The van der Waals surface area contributed by atoms with Gasteiger partial charge in [0.05, 0.1) is 24.9 Å². The first-order valence-corrected chi connectivity index (χ1v) is 12.0. The number of nitrogens with zero attached hydrogens (tertiary/aromatic N) is 5. The average Bonchev–Trinajstić information content (AvgIpc) is 3.29. The number of anilines is 2. The van der Waals surface area contributed by atoms with Crippen molar-refractivity contribution in [3.63, 3.8) is 0 Å². The molecule has 0 unspecified atom stereocenters. The van der Waals surface area contributed by atoms with E-state index in [1.807, 2.05) is 0 Å². The van der Waals surface area contributed by atoms with E-state index in [9.17, 15) is 22.0 Å². The highest BCUT2D eigenvalue weighted by Gasteiger charge is 2.29. The largest absolute Gasteiger partial charge is 0.494 e. The van der Waals surface area contributed by atoms with Crippen molar-refractivity contribution in [3.05, 3.63) is 84.3 Å². The highest BCUT2D eigenvalue weighted by molar-refractivity contribution is 5.92. The first-order valence-electron chi connectivity index (χ1n) is 12.0. The molecule has 2 aromatic carbocycles. The number of para-hydroxylation sites is 1. The van der Waals surface area contributed by atoms with E-state index >= 15 is 0 Å². The summed E-state index contributed by atoms with van der Waals surface area (Å²) >= 11 is 0. The van der Waals surface area contributed by atoms with Gasteiger partial charge in [-0.05, 0) is 25.1 Å². The molecule has 0 spiro atoms. The topological polar surface area (TPSA) is 87.0 Å². The first-order chi connectivity index (χ1) is 19.2. The third-order valence-corrected chi connectivity index (χ3v) is 5.69. The van der Waals surface area contributed by atoms with Crippen molar-refractivity contribution in [2.75, 3.05) is 18.5 Å². The van der Waals surface area contributed by atoms with Gasteiger partial charge < -0.3 is 14.8 Å². The maximum absolute atomic E-state index is 14.8. The number of hydrogen-bond acceptors (Lipinski definition) is 7. The number of alkyl halides is 3. The van der Waals surface area contributed by atoms with Crippen LogP contribution in [0.2, 0.25) is 0 Å². The number of fused-ring (bicyclic) bond motifs is 1. The number of aromatic nitrogens is 5. The summed E-state index contributed by atoms with van der Waals surface area (Å²) < 4.78 is 79.7. The summed E-state index contributed by atoms with van der Waals surface area (Å²) in [6.45, 7) is 0.163. The molecule has 0 saturated heterocycles. The fourth-order valence-corrected chi connectivity index (χ4v) is 3.96. The Morgan fingerprint density at radius 2 is 1.70 bits per heavy atom. The Bertz CT molecular complexity index is 1620. The first kappa shape index (κ1) is 26.8. The summed E-state index contributed by atoms with van der Waals surface area (Å²) in [6.07, 6.45) is -0.478. The lowest BCUT2D eigenvalue weighted by Gasteiger charge is -2.14. The van der Waals surface area contributed by atoms with Crippen LogP contribution in [0.5, 0.6) is 11.5 Å². The second-order valence-electron chi connectivity index (χ2n) is 8.49. The van der Waals surface area contributed by atoms with Crippen molar-refractivity contribution in [2.24, 2.45) is 0 Å². The minimum Gasteiger partial charge on any atom is -0.494 e. The number of ether oxygens (including phenoxy) is 2. The van der Waals surface area contributed by atoms with E-state index in [1.165, 1.54) is 17.1 Å². The molecule has 0 amide bonds. The minimum absolute atomic E-state index is 0.0392. The van der Waals surface area contributed by atoms with Crippen LogP contribution in [0.3, 0.4) is 0 Å². The molecule has 3 heterocycles. The van der Waals surface area contributed by atoms with E-state index in [4.69, 9.17) is 9.47 Å². The zero-order valence-electron chi connectivity index (χ0n) is 20.9. The molecule has 1 N–H and O–H groups in total. The molecule has 8 nitrogen and oxygen atoms in total. The monoisotopic (exact) mass is 556 g/mol. The smallest absolute Gasteiger partial charge is 0.422 e. The third kappa shape index (κ3) is 5.92. The molecule has 0 aliphatic rings. The predicted octanol–water partition coefficient (Wildman–Crippen LogP) is 6.30. The van der Waals surface area contributed by atoms with E-state index in [0.717, 1.165) is 18.3 Å². The molecule has 0 radical (unpaired) electrons. The summed E-state index contributed by atoms with van der Waals surface area (Å²) in [4.78, 5) is 12.5. The highest BCUT2D eigenvalue weighted by Crippen LogP contribution is 2.32. The van der Waals surface area contributed by atoms with Crippen LogP contribution >= 0.6 is 0 Å². The number of nitrogens with one attached hydrogen (secondary N) is 1. The molecule has 5 rings (SSSR count). The minimum atomic E-state index is -4.58. The molecule has 0 bridgehead atoms. The van der Waals surface area contributed by atoms with Crippen LogP contribution in [0.4, 0.5) is 33.5 Å². The van der Waals surface area contributed by atoms with E-state index in [1.54, 1.807) is 43.3 Å². The van der Waals surface area contributed by atoms with E-state index in [0.29, 0.717) is 16.6 Å². The quantitative estimate of drug-likeness (QED) is 0.213. The molecule has 13 heteroatoms. The number of halogens is 5. The van der Waals surface area contributed by atoms with Crippen molar-refractivity contribution in [3.8, 4) is 23.0 Å². The van der Waals surface area contributed by atoms with Gasteiger partial charge >= 0.3 is 6.18 Å². The lowest BCUT2D eigenvalue weighted by atomic mass is 10.1. The van der Waals surface area contributed by atoms with Gasteiger partial charge in [-0.15, -0.1) is 0 Å². The van der Waals surface area contributed by atoms with Crippen LogP contribution in [0.1, 0.15) is 12.5 Å². The van der Waals surface area contributed by atoms with Gasteiger partial charge in [0.1, 0.15) is 23.1 Å². The second-order valence-corrected chi connectivity index (χ2v) is 8.49. The predicted molar refractivity (Wildman–Crippen MR) is 136 cm³/mol. The van der Waals surface area contributed by atoms with Crippen molar-refractivity contribution >= 4 is 22.4 Å². The Morgan fingerprint density at radius 1 is 0.975 bits per heavy atom. The van der Waals surface area contributed by atoms with Gasteiger partial charge in [-0.1, -0.05) is 18.2 Å². The summed E-state index contributed by atoms with van der Waals surface area (Å²) in [6, 6.07) is 12.3. The Balaban J connectivity index is 1.55. The van der Waals surface area contributed by atoms with Gasteiger partial charge in [-0.2, -0.15) is 18.3 Å². The van der Waals surface area contributed by atoms with Gasteiger partial charge in [0, 0.05) is 41.2 Å². The molecule has 0 fully saturated rings. The molecular formula is C27H21F5N6O2. The Morgan fingerprint density at radius 3 is 2.40 bits per heavy atom. The molecule has 3 aromatic heterocycles. The Kier molecular flexibility index (Phi) is 7.45. The van der Waals surface area contributed by atoms with E-state index < -0.39 is 24.4 Å². The number of rotatable bonds is 9. The van der Waals surface area contributed by atoms with Gasteiger partial charge in [-0.25, -0.2) is 18.7 Å². The highest BCUT2D eigenvalue weighted by atomic mass is 19.4. The third-order valence-electron chi connectivity index (χ3n) is 5.69. The zero-order chi connectivity index (χ0) is 28.3. The SMILES string of the molecule is CCOc1cc(F)c(Cn2nc(-c3ncc(OCC(F)(F)F)c(Nc4ccncc4)n3)c3ccccc32)c(F)c1. The normalized spacial score (nSPS) is 11.6. The number of pyridine rings is 1. The summed E-state index contributed by atoms with van der Waals surface area (Å²) in [5, 5.41) is 8.01. The summed E-state index contributed by atoms with van der Waals surface area (Å²) in [5.74, 6) is -1.74. The standard InChI is InChI=1S/C27H21F5N6O2/c1-2-39-17-11-20(28)19(21(29)12-17)14-38-22-6-4-3-5-18(22)24(37-38)26-34-13-23(40-15-27(30,31)32)25(36-26)35-16-7-9-33-10-8-16/h3-13H,2,14-15H2,1H3,(H,33,34,35,36). The lowest BCUT2D eigenvalue weighted by molar-refractivity contribution is -0.153.